The first-order valence-electron chi connectivity index (χ1n) is 7.17. The minimum atomic E-state index is -1.12. The van der Waals surface area contributed by atoms with E-state index in [-0.39, 0.29) is 31.1 Å². The minimum Gasteiger partial charge on any atom is -0.390 e. The third-order valence-corrected chi connectivity index (χ3v) is 5.60. The summed E-state index contributed by atoms with van der Waals surface area (Å²) in [4.78, 5) is 12.0. The van der Waals surface area contributed by atoms with Gasteiger partial charge in [0.2, 0.25) is 5.91 Å². The van der Waals surface area contributed by atoms with Gasteiger partial charge in [0.15, 0.2) is 0 Å². The average Bonchev–Trinajstić information content (AvgIpc) is 2.21. The molecule has 112 valence electrons. The van der Waals surface area contributed by atoms with Crippen LogP contribution in [0.4, 0.5) is 0 Å². The average molecular weight is 281 g/mol. The van der Waals surface area contributed by atoms with E-state index in [1.165, 1.54) is 0 Å². The number of rotatable bonds is 2. The standard InChI is InChI=1S/C15H23NO4/c1-9(2)11(17)16-14-5-12(18)4-13(19,6-14)8-15(20,7-12)10(14)3/h10,18-20H,1,4-8H2,2-3H3,(H,16,17). The van der Waals surface area contributed by atoms with Gasteiger partial charge in [-0.05, 0) is 19.8 Å². The van der Waals surface area contributed by atoms with Crippen molar-refractivity contribution in [3.8, 4) is 0 Å². The van der Waals surface area contributed by atoms with Crippen LogP contribution in [0.2, 0.25) is 0 Å². The van der Waals surface area contributed by atoms with Gasteiger partial charge in [-0.1, -0.05) is 13.5 Å². The van der Waals surface area contributed by atoms with Crippen molar-refractivity contribution < 1.29 is 20.1 Å². The van der Waals surface area contributed by atoms with Crippen LogP contribution in [0.15, 0.2) is 12.2 Å². The number of hydrogen-bond acceptors (Lipinski definition) is 4. The Kier molecular flexibility index (Phi) is 2.56. The molecule has 1 amide bonds. The molecule has 5 heteroatoms. The van der Waals surface area contributed by atoms with E-state index in [1.807, 2.05) is 6.92 Å². The Morgan fingerprint density at radius 3 is 2.05 bits per heavy atom. The highest BCUT2D eigenvalue weighted by Crippen LogP contribution is 2.63. The lowest BCUT2D eigenvalue weighted by Crippen LogP contribution is -2.79. The van der Waals surface area contributed by atoms with Gasteiger partial charge < -0.3 is 20.6 Å². The van der Waals surface area contributed by atoms with Gasteiger partial charge in [0, 0.05) is 30.8 Å². The van der Waals surface area contributed by atoms with Crippen LogP contribution >= 0.6 is 0 Å². The normalized spacial score (nSPS) is 53.0. The van der Waals surface area contributed by atoms with E-state index in [0.29, 0.717) is 18.4 Å². The second kappa shape index (κ2) is 3.64. The number of aliphatic hydroxyl groups is 3. The minimum absolute atomic E-state index is 0.209. The van der Waals surface area contributed by atoms with Crippen LogP contribution in [0.25, 0.3) is 0 Å². The van der Waals surface area contributed by atoms with Crippen LogP contribution in [-0.4, -0.2) is 43.6 Å². The maximum absolute atomic E-state index is 12.0. The van der Waals surface area contributed by atoms with Crippen molar-refractivity contribution in [1.29, 1.82) is 0 Å². The molecule has 4 fully saturated rings. The predicted octanol–water partition coefficient (Wildman–Crippen LogP) is 0.238. The van der Waals surface area contributed by atoms with Crippen molar-refractivity contribution in [3.05, 3.63) is 12.2 Å². The molecule has 0 radical (unpaired) electrons. The predicted molar refractivity (Wildman–Crippen MR) is 72.8 cm³/mol. The molecule has 0 saturated heterocycles. The van der Waals surface area contributed by atoms with Crippen LogP contribution in [0.3, 0.4) is 0 Å². The first-order chi connectivity index (χ1) is 9.02. The van der Waals surface area contributed by atoms with E-state index >= 15 is 0 Å². The molecule has 0 spiro atoms. The fourth-order valence-electron chi connectivity index (χ4n) is 5.08. The van der Waals surface area contributed by atoms with E-state index in [1.54, 1.807) is 6.92 Å². The second-order valence-corrected chi connectivity index (χ2v) is 7.55. The molecule has 0 heterocycles. The molecule has 4 N–H and O–H groups in total. The lowest BCUT2D eigenvalue weighted by atomic mass is 9.43. The first kappa shape index (κ1) is 14.0. The van der Waals surface area contributed by atoms with Gasteiger partial charge in [0.05, 0.1) is 22.3 Å². The van der Waals surface area contributed by atoms with Crippen molar-refractivity contribution in [1.82, 2.24) is 5.32 Å². The van der Waals surface area contributed by atoms with E-state index in [0.717, 1.165) is 0 Å². The zero-order valence-corrected chi connectivity index (χ0v) is 12.1. The number of carbonyl (C=O) groups is 1. The molecule has 5 nitrogen and oxygen atoms in total. The molecule has 4 bridgehead atoms. The van der Waals surface area contributed by atoms with E-state index in [4.69, 9.17) is 0 Å². The largest absolute Gasteiger partial charge is 0.390 e. The Bertz CT molecular complexity index is 482. The van der Waals surface area contributed by atoms with Crippen molar-refractivity contribution in [3.63, 3.8) is 0 Å². The first-order valence-corrected chi connectivity index (χ1v) is 7.17. The quantitative estimate of drug-likeness (QED) is 0.546. The smallest absolute Gasteiger partial charge is 0.246 e. The van der Waals surface area contributed by atoms with Crippen molar-refractivity contribution in [2.75, 3.05) is 0 Å². The summed E-state index contributed by atoms with van der Waals surface area (Å²) in [5, 5.41) is 35.1. The number of nitrogens with one attached hydrogen (secondary N) is 1. The third-order valence-electron chi connectivity index (χ3n) is 5.60. The van der Waals surface area contributed by atoms with Crippen molar-refractivity contribution in [2.45, 2.75) is 68.3 Å². The molecule has 3 atom stereocenters. The molecule has 0 aromatic rings. The van der Waals surface area contributed by atoms with Crippen molar-refractivity contribution >= 4 is 5.91 Å². The van der Waals surface area contributed by atoms with Gasteiger partial charge in [0.25, 0.3) is 0 Å². The molecule has 20 heavy (non-hydrogen) atoms. The molecule has 4 aliphatic rings. The van der Waals surface area contributed by atoms with Crippen LogP contribution in [0.1, 0.15) is 46.0 Å². The molecule has 4 aliphatic carbocycles. The lowest BCUT2D eigenvalue weighted by Gasteiger charge is -2.69. The van der Waals surface area contributed by atoms with Gasteiger partial charge in [-0.2, -0.15) is 0 Å². The summed E-state index contributed by atoms with van der Waals surface area (Å²) in [6, 6.07) is 0. The van der Waals surface area contributed by atoms with E-state index in [9.17, 15) is 20.1 Å². The highest BCUT2D eigenvalue weighted by atomic mass is 16.3. The SMILES string of the molecule is C=C(C)C(=O)NC12CC3(O)CC(O)(CC(O)(C3)C1C)C2. The summed E-state index contributed by atoms with van der Waals surface area (Å²) >= 11 is 0. The number of carbonyl (C=O) groups excluding carboxylic acids is 1. The topological polar surface area (TPSA) is 89.8 Å². The highest BCUT2D eigenvalue weighted by molar-refractivity contribution is 5.92. The summed E-state index contributed by atoms with van der Waals surface area (Å²) in [6.45, 7) is 7.15. The molecule has 3 unspecified atom stereocenters. The van der Waals surface area contributed by atoms with Crippen LogP contribution in [-0.2, 0) is 4.79 Å². The summed E-state index contributed by atoms with van der Waals surface area (Å²) in [6.07, 6.45) is 1.58. The second-order valence-electron chi connectivity index (χ2n) is 7.55. The van der Waals surface area contributed by atoms with Crippen LogP contribution < -0.4 is 5.32 Å². The van der Waals surface area contributed by atoms with Gasteiger partial charge >= 0.3 is 0 Å². The Hall–Kier alpha value is -0.910. The highest BCUT2D eigenvalue weighted by Gasteiger charge is 2.71. The summed E-state index contributed by atoms with van der Waals surface area (Å²) < 4.78 is 0. The Labute approximate surface area is 118 Å². The summed E-state index contributed by atoms with van der Waals surface area (Å²) in [5.41, 5.74) is -3.70. The third kappa shape index (κ3) is 1.76. The maximum atomic E-state index is 12.0. The monoisotopic (exact) mass is 281 g/mol. The van der Waals surface area contributed by atoms with Gasteiger partial charge in [0.1, 0.15) is 0 Å². The fourth-order valence-corrected chi connectivity index (χ4v) is 5.08. The molecule has 0 aromatic heterocycles. The lowest BCUT2D eigenvalue weighted by molar-refractivity contribution is -0.286. The van der Waals surface area contributed by atoms with Crippen molar-refractivity contribution in [2.24, 2.45) is 5.92 Å². The van der Waals surface area contributed by atoms with Crippen LogP contribution in [0.5, 0.6) is 0 Å². The number of amides is 1. The van der Waals surface area contributed by atoms with Crippen LogP contribution in [0, 0.1) is 5.92 Å². The molecular weight excluding hydrogens is 258 g/mol. The zero-order chi connectivity index (χ0) is 15.0. The summed E-state index contributed by atoms with van der Waals surface area (Å²) in [7, 11) is 0. The van der Waals surface area contributed by atoms with E-state index in [2.05, 4.69) is 11.9 Å². The van der Waals surface area contributed by atoms with Gasteiger partial charge in [-0.15, -0.1) is 0 Å². The maximum Gasteiger partial charge on any atom is 0.246 e. The molecule has 0 aromatic carbocycles. The number of hydrogen-bond donors (Lipinski definition) is 4. The molecule has 4 saturated carbocycles. The Morgan fingerprint density at radius 2 is 1.60 bits per heavy atom. The Morgan fingerprint density at radius 1 is 1.10 bits per heavy atom. The fraction of sp³-hybridized carbons (Fsp3) is 0.800. The van der Waals surface area contributed by atoms with Gasteiger partial charge in [-0.25, -0.2) is 0 Å². The molecule has 4 rings (SSSR count). The molecule has 0 aliphatic heterocycles. The summed E-state index contributed by atoms with van der Waals surface area (Å²) in [5.74, 6) is -0.492. The van der Waals surface area contributed by atoms with E-state index < -0.39 is 22.3 Å². The van der Waals surface area contributed by atoms with Gasteiger partial charge in [-0.3, -0.25) is 4.79 Å². The Balaban J connectivity index is 2.02. The zero-order valence-electron chi connectivity index (χ0n) is 12.1. The molecular formula is C15H23NO4.